The Balaban J connectivity index is 3.70. The van der Waals surface area contributed by atoms with Gasteiger partial charge < -0.3 is 14.6 Å². The molecule has 1 atom stereocenters. The van der Waals surface area contributed by atoms with Gasteiger partial charge >= 0.3 is 11.9 Å². The van der Waals surface area contributed by atoms with Crippen molar-refractivity contribution in [3.8, 4) is 0 Å². The highest BCUT2D eigenvalue weighted by Gasteiger charge is 2.14. The first-order valence-corrected chi connectivity index (χ1v) is 6.03. The lowest BCUT2D eigenvalue weighted by Crippen LogP contribution is -2.28. The number of esters is 2. The van der Waals surface area contributed by atoms with Crippen LogP contribution < -0.4 is 0 Å². The van der Waals surface area contributed by atoms with Gasteiger partial charge in [0.2, 0.25) is 0 Å². The molecule has 0 saturated carbocycles. The molecule has 0 aromatic carbocycles. The molecule has 0 aliphatic heterocycles. The second kappa shape index (κ2) is 10.1. The lowest BCUT2D eigenvalue weighted by Gasteiger charge is -2.15. The summed E-state index contributed by atoms with van der Waals surface area (Å²) in [6.45, 7) is 2.93. The summed E-state index contributed by atoms with van der Waals surface area (Å²) in [5.41, 5.74) is 0. The maximum absolute atomic E-state index is 11.3. The van der Waals surface area contributed by atoms with E-state index in [0.29, 0.717) is 6.42 Å². The van der Waals surface area contributed by atoms with E-state index in [1.54, 1.807) is 0 Å². The van der Waals surface area contributed by atoms with Crippen molar-refractivity contribution in [3.63, 3.8) is 0 Å². The largest absolute Gasteiger partial charge is 0.462 e. The number of ether oxygens (including phenoxy) is 2. The molecule has 0 spiro atoms. The Morgan fingerprint density at radius 3 is 2.47 bits per heavy atom. The second-order valence-corrected chi connectivity index (χ2v) is 3.91. The van der Waals surface area contributed by atoms with Crippen LogP contribution >= 0.6 is 0 Å². The third-order valence-corrected chi connectivity index (χ3v) is 2.21. The Morgan fingerprint density at radius 1 is 1.24 bits per heavy atom. The van der Waals surface area contributed by atoms with Crippen molar-refractivity contribution in [1.29, 1.82) is 0 Å². The Labute approximate surface area is 102 Å². The van der Waals surface area contributed by atoms with Gasteiger partial charge in [0, 0.05) is 13.3 Å². The second-order valence-electron chi connectivity index (χ2n) is 3.91. The van der Waals surface area contributed by atoms with Gasteiger partial charge in [-0.1, -0.05) is 26.2 Å². The van der Waals surface area contributed by atoms with Gasteiger partial charge in [-0.05, 0) is 6.42 Å². The highest BCUT2D eigenvalue weighted by Crippen LogP contribution is 2.05. The summed E-state index contributed by atoms with van der Waals surface area (Å²) < 4.78 is 9.63. The van der Waals surface area contributed by atoms with Crippen molar-refractivity contribution < 1.29 is 24.2 Å². The van der Waals surface area contributed by atoms with Crippen molar-refractivity contribution >= 4 is 11.9 Å². The van der Waals surface area contributed by atoms with E-state index in [1.807, 2.05) is 0 Å². The molecule has 1 N–H and O–H groups in total. The van der Waals surface area contributed by atoms with Crippen molar-refractivity contribution in [1.82, 2.24) is 0 Å². The molecular weight excluding hydrogens is 224 g/mol. The smallest absolute Gasteiger partial charge is 0.306 e. The quantitative estimate of drug-likeness (QED) is 0.492. The summed E-state index contributed by atoms with van der Waals surface area (Å²) in [6.07, 6.45) is 3.59. The minimum atomic E-state index is -0.752. The summed E-state index contributed by atoms with van der Waals surface area (Å²) in [7, 11) is 0. The molecule has 0 fully saturated rings. The molecule has 0 radical (unpaired) electrons. The number of rotatable bonds is 9. The van der Waals surface area contributed by atoms with E-state index in [2.05, 4.69) is 11.7 Å². The molecule has 100 valence electrons. The van der Waals surface area contributed by atoms with Crippen LogP contribution in [0.3, 0.4) is 0 Å². The molecule has 0 aliphatic rings. The van der Waals surface area contributed by atoms with E-state index >= 15 is 0 Å². The normalized spacial score (nSPS) is 11.9. The summed E-state index contributed by atoms with van der Waals surface area (Å²) in [6, 6.07) is 0. The van der Waals surface area contributed by atoms with Gasteiger partial charge in [-0.3, -0.25) is 9.59 Å². The van der Waals surface area contributed by atoms with Crippen LogP contribution in [0, 0.1) is 0 Å². The van der Waals surface area contributed by atoms with E-state index in [-0.39, 0.29) is 19.2 Å². The van der Waals surface area contributed by atoms with Crippen LogP contribution in [0.5, 0.6) is 0 Å². The molecule has 5 heteroatoms. The van der Waals surface area contributed by atoms with Crippen molar-refractivity contribution in [2.75, 3.05) is 13.2 Å². The van der Waals surface area contributed by atoms with E-state index < -0.39 is 12.1 Å². The van der Waals surface area contributed by atoms with E-state index in [4.69, 9.17) is 9.84 Å². The molecule has 0 aromatic rings. The van der Waals surface area contributed by atoms with Crippen molar-refractivity contribution in [2.45, 2.75) is 52.1 Å². The summed E-state index contributed by atoms with van der Waals surface area (Å²) >= 11 is 0. The highest BCUT2D eigenvalue weighted by atomic mass is 16.6. The molecule has 0 rings (SSSR count). The third kappa shape index (κ3) is 9.81. The lowest BCUT2D eigenvalue weighted by atomic mass is 10.1. The van der Waals surface area contributed by atoms with Gasteiger partial charge in [0.15, 0.2) is 6.10 Å². The predicted octanol–water partition coefficient (Wildman–Crippen LogP) is 1.42. The van der Waals surface area contributed by atoms with Crippen molar-refractivity contribution in [2.24, 2.45) is 0 Å². The van der Waals surface area contributed by atoms with Crippen LogP contribution in [0.2, 0.25) is 0 Å². The van der Waals surface area contributed by atoms with Gasteiger partial charge in [-0.15, -0.1) is 0 Å². The van der Waals surface area contributed by atoms with Crippen LogP contribution in [0.15, 0.2) is 0 Å². The number of hydrogen-bond donors (Lipinski definition) is 1. The van der Waals surface area contributed by atoms with Crippen LogP contribution in [0.25, 0.3) is 0 Å². The fourth-order valence-electron chi connectivity index (χ4n) is 1.28. The van der Waals surface area contributed by atoms with Crippen LogP contribution in [-0.2, 0) is 19.1 Å². The molecule has 1 unspecified atom stereocenters. The molecule has 0 amide bonds. The first-order chi connectivity index (χ1) is 8.10. The first-order valence-electron chi connectivity index (χ1n) is 6.03. The van der Waals surface area contributed by atoms with E-state index in [9.17, 15) is 9.59 Å². The standard InChI is InChI=1S/C12H22O5/c1-3-4-5-6-7-12(15)17-11(8-13)9-16-10(2)14/h11,13H,3-9H2,1-2H3. The van der Waals surface area contributed by atoms with Crippen LogP contribution in [-0.4, -0.2) is 36.4 Å². The van der Waals surface area contributed by atoms with E-state index in [0.717, 1.165) is 25.7 Å². The van der Waals surface area contributed by atoms with Gasteiger partial charge in [-0.25, -0.2) is 0 Å². The Kier molecular flexibility index (Phi) is 9.43. The van der Waals surface area contributed by atoms with Crippen LogP contribution in [0.4, 0.5) is 0 Å². The minimum Gasteiger partial charge on any atom is -0.462 e. The number of hydrogen-bond acceptors (Lipinski definition) is 5. The first kappa shape index (κ1) is 15.9. The number of aliphatic hydroxyl groups excluding tert-OH is 1. The Hall–Kier alpha value is -1.10. The fourth-order valence-corrected chi connectivity index (χ4v) is 1.28. The lowest BCUT2D eigenvalue weighted by molar-refractivity contribution is -0.160. The number of carbonyl (C=O) groups excluding carboxylic acids is 2. The fraction of sp³-hybridized carbons (Fsp3) is 0.833. The summed E-state index contributed by atoms with van der Waals surface area (Å²) in [4.78, 5) is 21.9. The van der Waals surface area contributed by atoms with Crippen molar-refractivity contribution in [3.05, 3.63) is 0 Å². The molecule has 17 heavy (non-hydrogen) atoms. The number of carbonyl (C=O) groups is 2. The number of unbranched alkanes of at least 4 members (excludes halogenated alkanes) is 3. The maximum atomic E-state index is 11.3. The van der Waals surface area contributed by atoms with Gasteiger partial charge in [0.1, 0.15) is 6.61 Å². The van der Waals surface area contributed by atoms with Gasteiger partial charge in [0.05, 0.1) is 6.61 Å². The molecule has 0 aliphatic carbocycles. The molecule has 0 bridgehead atoms. The molecule has 0 saturated heterocycles. The zero-order valence-corrected chi connectivity index (χ0v) is 10.6. The minimum absolute atomic E-state index is 0.0907. The Bertz CT molecular complexity index is 227. The molecule has 5 nitrogen and oxygen atoms in total. The number of aliphatic hydroxyl groups is 1. The molecule has 0 aromatic heterocycles. The SMILES string of the molecule is CCCCCCC(=O)OC(CO)COC(C)=O. The van der Waals surface area contributed by atoms with E-state index in [1.165, 1.54) is 6.92 Å². The zero-order valence-electron chi connectivity index (χ0n) is 10.6. The molecule has 0 heterocycles. The van der Waals surface area contributed by atoms with Gasteiger partial charge in [-0.2, -0.15) is 0 Å². The summed E-state index contributed by atoms with van der Waals surface area (Å²) in [5.74, 6) is -0.810. The average molecular weight is 246 g/mol. The third-order valence-electron chi connectivity index (χ3n) is 2.21. The average Bonchev–Trinajstić information content (AvgIpc) is 2.30. The Morgan fingerprint density at radius 2 is 1.94 bits per heavy atom. The monoisotopic (exact) mass is 246 g/mol. The molecular formula is C12H22O5. The topological polar surface area (TPSA) is 72.8 Å². The maximum Gasteiger partial charge on any atom is 0.306 e. The van der Waals surface area contributed by atoms with Gasteiger partial charge in [0.25, 0.3) is 0 Å². The predicted molar refractivity (Wildman–Crippen MR) is 62.4 cm³/mol. The van der Waals surface area contributed by atoms with Crippen LogP contribution in [0.1, 0.15) is 46.0 Å². The highest BCUT2D eigenvalue weighted by molar-refractivity contribution is 5.69. The zero-order chi connectivity index (χ0) is 13.1. The summed E-state index contributed by atoms with van der Waals surface area (Å²) in [5, 5.41) is 8.93.